The molecule has 0 unspecified atom stereocenters. The number of hydrogen-bond acceptors (Lipinski definition) is 7. The molecule has 0 N–H and O–H groups in total. The molecule has 2 aromatic carbocycles. The predicted octanol–water partition coefficient (Wildman–Crippen LogP) is 4.12. The summed E-state index contributed by atoms with van der Waals surface area (Å²) in [4.78, 5) is 48.2. The van der Waals surface area contributed by atoms with Crippen molar-refractivity contribution in [2.45, 2.75) is 13.5 Å². The van der Waals surface area contributed by atoms with Gasteiger partial charge in [-0.1, -0.05) is 30.3 Å². The van der Waals surface area contributed by atoms with Crippen LogP contribution in [0.1, 0.15) is 16.8 Å². The van der Waals surface area contributed by atoms with Crippen LogP contribution in [0.25, 0.3) is 17.0 Å². The summed E-state index contributed by atoms with van der Waals surface area (Å²) in [6.07, 6.45) is 1.67. The van der Waals surface area contributed by atoms with Crippen LogP contribution in [0.4, 0.5) is 10.5 Å². The molecule has 33 heavy (non-hydrogen) atoms. The van der Waals surface area contributed by atoms with Gasteiger partial charge in [-0.25, -0.2) is 0 Å². The zero-order valence-electron chi connectivity index (χ0n) is 17.8. The number of nitrogens with zero attached hydrogens (tertiary/aromatic N) is 3. The van der Waals surface area contributed by atoms with Crippen molar-refractivity contribution in [2.24, 2.45) is 0 Å². The summed E-state index contributed by atoms with van der Waals surface area (Å²) in [6, 6.07) is 14.0. The van der Waals surface area contributed by atoms with Crippen LogP contribution in [0.3, 0.4) is 0 Å². The topological polar surface area (TPSA) is 112 Å². The van der Waals surface area contributed by atoms with Crippen molar-refractivity contribution in [1.29, 1.82) is 0 Å². The van der Waals surface area contributed by atoms with E-state index < -0.39 is 28.6 Å². The first kappa shape index (κ1) is 22.3. The third-order valence-electron chi connectivity index (χ3n) is 5.43. The van der Waals surface area contributed by atoms with Crippen molar-refractivity contribution in [3.05, 3.63) is 80.4 Å². The average Bonchev–Trinajstić information content (AvgIpc) is 3.22. The summed E-state index contributed by atoms with van der Waals surface area (Å²) < 4.78 is 6.62. The number of nitro groups is 1. The molecular formula is C23H19N3O6S. The smallest absolute Gasteiger partial charge is 0.325 e. The summed E-state index contributed by atoms with van der Waals surface area (Å²) in [7, 11) is 1.19. The number of ether oxygens (including phenoxy) is 1. The molecule has 3 aromatic rings. The number of imide groups is 1. The minimum atomic E-state index is -0.672. The van der Waals surface area contributed by atoms with Crippen LogP contribution in [0.15, 0.2) is 53.4 Å². The van der Waals surface area contributed by atoms with Crippen molar-refractivity contribution in [1.82, 2.24) is 9.47 Å². The Morgan fingerprint density at radius 2 is 1.85 bits per heavy atom. The molecule has 1 aromatic heterocycles. The Morgan fingerprint density at radius 1 is 1.15 bits per heavy atom. The van der Waals surface area contributed by atoms with E-state index in [9.17, 15) is 24.5 Å². The van der Waals surface area contributed by atoms with Crippen LogP contribution in [-0.4, -0.2) is 45.2 Å². The molecule has 0 radical (unpaired) electrons. The molecule has 1 aliphatic rings. The Morgan fingerprint density at radius 3 is 2.52 bits per heavy atom. The fourth-order valence-corrected chi connectivity index (χ4v) is 4.53. The SMILES string of the molecule is COC(=O)CN1C(=O)SC(=Cc2c(C)n(Cc3ccc([N+](=O)[O-])cc3)c3ccccc23)C1=O. The number of benzene rings is 2. The van der Waals surface area contributed by atoms with Crippen LogP contribution in [-0.2, 0) is 20.9 Å². The van der Waals surface area contributed by atoms with Crippen molar-refractivity contribution in [2.75, 3.05) is 13.7 Å². The van der Waals surface area contributed by atoms with Crippen LogP contribution in [0, 0.1) is 17.0 Å². The highest BCUT2D eigenvalue weighted by Crippen LogP contribution is 2.35. The van der Waals surface area contributed by atoms with E-state index in [0.717, 1.165) is 44.4 Å². The number of para-hydroxylation sites is 1. The second kappa shape index (κ2) is 8.91. The van der Waals surface area contributed by atoms with Crippen molar-refractivity contribution in [3.8, 4) is 0 Å². The number of non-ortho nitro benzene ring substituents is 1. The fourth-order valence-electron chi connectivity index (χ4n) is 3.71. The Kier molecular flexibility index (Phi) is 6.01. The number of aromatic nitrogens is 1. The van der Waals surface area contributed by atoms with E-state index in [-0.39, 0.29) is 10.6 Å². The van der Waals surface area contributed by atoms with E-state index in [2.05, 4.69) is 9.30 Å². The van der Waals surface area contributed by atoms with E-state index >= 15 is 0 Å². The van der Waals surface area contributed by atoms with Gasteiger partial charge < -0.3 is 9.30 Å². The van der Waals surface area contributed by atoms with Crippen molar-refractivity contribution in [3.63, 3.8) is 0 Å². The van der Waals surface area contributed by atoms with E-state index in [4.69, 9.17) is 0 Å². The zero-order chi connectivity index (χ0) is 23.7. The number of nitro benzene ring substituents is 1. The first-order valence-corrected chi connectivity index (χ1v) is 10.7. The first-order valence-electron chi connectivity index (χ1n) is 9.93. The van der Waals surface area contributed by atoms with Gasteiger partial charge in [-0.15, -0.1) is 0 Å². The van der Waals surface area contributed by atoms with Crippen LogP contribution in [0.5, 0.6) is 0 Å². The number of fused-ring (bicyclic) bond motifs is 1. The molecule has 4 rings (SSSR count). The van der Waals surface area contributed by atoms with Crippen molar-refractivity contribution < 1.29 is 24.0 Å². The zero-order valence-corrected chi connectivity index (χ0v) is 18.6. The average molecular weight is 465 g/mol. The number of hydrogen-bond donors (Lipinski definition) is 0. The van der Waals surface area contributed by atoms with Crippen molar-refractivity contribution >= 4 is 51.5 Å². The van der Waals surface area contributed by atoms with Gasteiger partial charge >= 0.3 is 5.97 Å². The fraction of sp³-hybridized carbons (Fsp3) is 0.174. The summed E-state index contributed by atoms with van der Waals surface area (Å²) in [6.45, 7) is 1.96. The number of carbonyl (C=O) groups excluding carboxylic acids is 3. The molecular weight excluding hydrogens is 446 g/mol. The van der Waals surface area contributed by atoms with Gasteiger partial charge in [0.2, 0.25) is 0 Å². The van der Waals surface area contributed by atoms with E-state index in [1.165, 1.54) is 19.2 Å². The molecule has 0 saturated carbocycles. The Bertz CT molecular complexity index is 1330. The normalized spacial score (nSPS) is 15.0. The molecule has 2 amide bonds. The molecule has 0 atom stereocenters. The second-order valence-corrected chi connectivity index (χ2v) is 8.36. The van der Waals surface area contributed by atoms with Gasteiger partial charge in [-0.05, 0) is 36.4 Å². The summed E-state index contributed by atoms with van der Waals surface area (Å²) in [5, 5.41) is 11.3. The van der Waals surface area contributed by atoms with E-state index in [1.807, 2.05) is 31.2 Å². The summed E-state index contributed by atoms with van der Waals surface area (Å²) >= 11 is 0.782. The minimum Gasteiger partial charge on any atom is -0.468 e. The van der Waals surface area contributed by atoms with Gasteiger partial charge in [0.25, 0.3) is 16.8 Å². The number of methoxy groups -OCH3 is 1. The highest BCUT2D eigenvalue weighted by Gasteiger charge is 2.37. The quantitative estimate of drug-likeness (QED) is 0.233. The third-order valence-corrected chi connectivity index (χ3v) is 6.34. The van der Waals surface area contributed by atoms with E-state index in [1.54, 1.807) is 18.2 Å². The lowest BCUT2D eigenvalue weighted by atomic mass is 10.1. The standard InChI is InChI=1S/C23H19N3O6S/c1-14-18(11-20-22(28)25(23(29)33-20)13-21(27)32-2)17-5-3-4-6-19(17)24(14)12-15-7-9-16(10-8-15)26(30)31/h3-11H,12-13H2,1-2H3. The van der Waals surface area contributed by atoms with Crippen LogP contribution in [0.2, 0.25) is 0 Å². The van der Waals surface area contributed by atoms with E-state index in [0.29, 0.717) is 6.54 Å². The molecule has 1 aliphatic heterocycles. The molecule has 0 bridgehead atoms. The molecule has 1 fully saturated rings. The Balaban J connectivity index is 1.72. The maximum absolute atomic E-state index is 12.8. The molecule has 2 heterocycles. The lowest BCUT2D eigenvalue weighted by Crippen LogP contribution is -2.34. The number of amides is 2. The highest BCUT2D eigenvalue weighted by molar-refractivity contribution is 8.18. The Labute approximate surface area is 192 Å². The maximum atomic E-state index is 12.8. The molecule has 0 aliphatic carbocycles. The molecule has 168 valence electrons. The monoisotopic (exact) mass is 465 g/mol. The Hall–Kier alpha value is -3.92. The van der Waals surface area contributed by atoms with Gasteiger partial charge in [-0.2, -0.15) is 0 Å². The molecule has 10 heteroatoms. The summed E-state index contributed by atoms with van der Waals surface area (Å²) in [5.41, 5.74) is 3.49. The number of thioether (sulfide) groups is 1. The third kappa shape index (κ3) is 4.24. The molecule has 1 saturated heterocycles. The maximum Gasteiger partial charge on any atom is 0.325 e. The van der Waals surface area contributed by atoms with Gasteiger partial charge in [0.05, 0.1) is 16.9 Å². The van der Waals surface area contributed by atoms with Crippen LogP contribution >= 0.6 is 11.8 Å². The van der Waals surface area contributed by atoms with Crippen LogP contribution < -0.4 is 0 Å². The predicted molar refractivity (Wildman–Crippen MR) is 124 cm³/mol. The minimum absolute atomic E-state index is 0.0243. The number of carbonyl (C=O) groups is 3. The highest BCUT2D eigenvalue weighted by atomic mass is 32.2. The second-order valence-electron chi connectivity index (χ2n) is 7.37. The molecule has 9 nitrogen and oxygen atoms in total. The van der Waals surface area contributed by atoms with Gasteiger partial charge in [0, 0.05) is 40.8 Å². The lowest BCUT2D eigenvalue weighted by molar-refractivity contribution is -0.384. The van der Waals surface area contributed by atoms with Gasteiger partial charge in [0.15, 0.2) is 0 Å². The largest absolute Gasteiger partial charge is 0.468 e. The lowest BCUT2D eigenvalue weighted by Gasteiger charge is -2.10. The number of rotatable bonds is 6. The van der Waals surface area contributed by atoms with Gasteiger partial charge in [-0.3, -0.25) is 29.4 Å². The molecule has 0 spiro atoms. The first-order chi connectivity index (χ1) is 15.8. The van der Waals surface area contributed by atoms with Gasteiger partial charge in [0.1, 0.15) is 6.54 Å². The number of esters is 1. The summed E-state index contributed by atoms with van der Waals surface area (Å²) in [5.74, 6) is -1.21.